The SMILES string of the molecule is [2H]C([2H])(c1cccc2c(C)c(-c3c(C)c(C)cc4c3oc3nc(C)ccc34)ccc12)C(C)C. The summed E-state index contributed by atoms with van der Waals surface area (Å²) in [6, 6.07) is 16.5. The summed E-state index contributed by atoms with van der Waals surface area (Å²) < 4.78 is 23.7. The van der Waals surface area contributed by atoms with Gasteiger partial charge in [-0.1, -0.05) is 44.2 Å². The summed E-state index contributed by atoms with van der Waals surface area (Å²) >= 11 is 0. The van der Waals surface area contributed by atoms with Gasteiger partial charge in [-0.05, 0) is 96.8 Å². The van der Waals surface area contributed by atoms with Crippen LogP contribution in [-0.2, 0) is 6.37 Å². The van der Waals surface area contributed by atoms with Crippen LogP contribution in [-0.4, -0.2) is 4.98 Å². The lowest BCUT2D eigenvalue weighted by molar-refractivity contribution is 0.650. The van der Waals surface area contributed by atoms with E-state index in [1.54, 1.807) is 0 Å². The van der Waals surface area contributed by atoms with Crippen molar-refractivity contribution >= 4 is 32.8 Å². The summed E-state index contributed by atoms with van der Waals surface area (Å²) in [6.45, 7) is 12.3. The highest BCUT2D eigenvalue weighted by Gasteiger charge is 2.19. The number of pyridine rings is 1. The molecule has 0 saturated carbocycles. The van der Waals surface area contributed by atoms with Crippen molar-refractivity contribution in [2.24, 2.45) is 5.92 Å². The number of benzene rings is 3. The smallest absolute Gasteiger partial charge is 0.227 e. The Morgan fingerprint density at radius 1 is 0.871 bits per heavy atom. The number of hydrogen-bond acceptors (Lipinski definition) is 2. The molecule has 0 atom stereocenters. The molecule has 0 aliphatic rings. The minimum Gasteiger partial charge on any atom is -0.437 e. The summed E-state index contributed by atoms with van der Waals surface area (Å²) in [5.41, 5.74) is 8.96. The topological polar surface area (TPSA) is 26.0 Å². The lowest BCUT2D eigenvalue weighted by Crippen LogP contribution is -1.97. The van der Waals surface area contributed by atoms with E-state index in [0.717, 1.165) is 55.1 Å². The summed E-state index contributed by atoms with van der Waals surface area (Å²) in [6.07, 6.45) is -1.40. The number of fused-ring (bicyclic) bond motifs is 4. The van der Waals surface area contributed by atoms with Crippen molar-refractivity contribution in [3.63, 3.8) is 0 Å². The maximum atomic E-state index is 8.69. The first-order valence-corrected chi connectivity index (χ1v) is 10.9. The number of aromatic nitrogens is 1. The molecule has 5 rings (SSSR count). The van der Waals surface area contributed by atoms with Gasteiger partial charge in [-0.3, -0.25) is 0 Å². The fourth-order valence-electron chi connectivity index (χ4n) is 4.65. The molecule has 0 N–H and O–H groups in total. The van der Waals surface area contributed by atoms with Crippen LogP contribution in [0, 0.1) is 33.6 Å². The zero-order valence-electron chi connectivity index (χ0n) is 21.1. The third-order valence-corrected chi connectivity index (χ3v) is 6.33. The first-order valence-electron chi connectivity index (χ1n) is 11.9. The molecule has 0 spiro atoms. The summed E-state index contributed by atoms with van der Waals surface area (Å²) in [7, 11) is 0. The van der Waals surface area contributed by atoms with Crippen LogP contribution >= 0.6 is 0 Å². The molecule has 2 nitrogen and oxygen atoms in total. The summed E-state index contributed by atoms with van der Waals surface area (Å²) in [4.78, 5) is 4.63. The fourth-order valence-corrected chi connectivity index (χ4v) is 4.65. The molecule has 0 radical (unpaired) electrons. The van der Waals surface area contributed by atoms with Gasteiger partial charge in [0.15, 0.2) is 0 Å². The molecule has 0 aliphatic carbocycles. The molecule has 5 aromatic rings. The van der Waals surface area contributed by atoms with Crippen LogP contribution in [0.1, 0.15) is 44.5 Å². The molecule has 2 heteroatoms. The third kappa shape index (κ3) is 3.13. The lowest BCUT2D eigenvalue weighted by Gasteiger charge is -2.16. The van der Waals surface area contributed by atoms with Crippen LogP contribution in [0.4, 0.5) is 0 Å². The number of aryl methyl sites for hydroxylation is 3. The highest BCUT2D eigenvalue weighted by Crippen LogP contribution is 2.41. The highest BCUT2D eigenvalue weighted by atomic mass is 16.3. The van der Waals surface area contributed by atoms with Gasteiger partial charge in [0.2, 0.25) is 5.71 Å². The van der Waals surface area contributed by atoms with Crippen molar-refractivity contribution in [1.82, 2.24) is 4.98 Å². The van der Waals surface area contributed by atoms with Gasteiger partial charge < -0.3 is 4.42 Å². The highest BCUT2D eigenvalue weighted by molar-refractivity contribution is 6.11. The molecule has 0 unspecified atom stereocenters. The largest absolute Gasteiger partial charge is 0.437 e. The average Bonchev–Trinajstić information content (AvgIpc) is 3.12. The summed E-state index contributed by atoms with van der Waals surface area (Å²) in [5, 5.41) is 4.17. The second kappa shape index (κ2) is 7.23. The molecular weight excluding hydrogens is 378 g/mol. The van der Waals surface area contributed by atoms with Gasteiger partial charge in [0, 0.05) is 24.8 Å². The van der Waals surface area contributed by atoms with Gasteiger partial charge in [-0.25, -0.2) is 4.98 Å². The van der Waals surface area contributed by atoms with E-state index in [1.807, 2.05) is 39.0 Å². The van der Waals surface area contributed by atoms with Gasteiger partial charge in [0.25, 0.3) is 0 Å². The van der Waals surface area contributed by atoms with Crippen molar-refractivity contribution in [2.75, 3.05) is 0 Å². The molecule has 3 aromatic carbocycles. The predicted octanol–water partition coefficient (Wildman–Crippen LogP) is 8.23. The molecule has 2 aromatic heterocycles. The van der Waals surface area contributed by atoms with E-state index in [4.69, 9.17) is 7.16 Å². The predicted molar refractivity (Wildman–Crippen MR) is 132 cm³/mol. The van der Waals surface area contributed by atoms with Crippen molar-refractivity contribution in [3.8, 4) is 11.1 Å². The van der Waals surface area contributed by atoms with E-state index in [0.29, 0.717) is 5.71 Å². The van der Waals surface area contributed by atoms with Crippen LogP contribution in [0.15, 0.2) is 52.9 Å². The molecule has 0 aliphatic heterocycles. The Morgan fingerprint density at radius 2 is 1.65 bits per heavy atom. The van der Waals surface area contributed by atoms with Gasteiger partial charge in [-0.15, -0.1) is 0 Å². The Hall–Kier alpha value is -3.13. The first-order chi connectivity index (χ1) is 15.6. The molecule has 0 fully saturated rings. The molecule has 0 amide bonds. The summed E-state index contributed by atoms with van der Waals surface area (Å²) in [5.74, 6) is -0.117. The van der Waals surface area contributed by atoms with Crippen LogP contribution < -0.4 is 0 Å². The molecule has 31 heavy (non-hydrogen) atoms. The second-order valence-corrected chi connectivity index (χ2v) is 8.92. The number of nitrogens with zero attached hydrogens (tertiary/aromatic N) is 1. The van der Waals surface area contributed by atoms with Crippen molar-refractivity contribution in [2.45, 2.75) is 47.9 Å². The molecule has 0 bridgehead atoms. The van der Waals surface area contributed by atoms with E-state index in [2.05, 4.69) is 56.1 Å². The van der Waals surface area contributed by atoms with E-state index in [-0.39, 0.29) is 5.92 Å². The standard InChI is InChI=1S/C29H29NO/c1-16(2)14-21-8-7-9-22-20(6)23(12-13-24(21)22)27-19(5)17(3)15-26-25-11-10-18(4)30-29(25)31-28(26)27/h7-13,15-16H,14H2,1-6H3/i14D2. The maximum Gasteiger partial charge on any atom is 0.227 e. The molecule has 2 heterocycles. The van der Waals surface area contributed by atoms with Crippen LogP contribution in [0.25, 0.3) is 44.0 Å². The van der Waals surface area contributed by atoms with Gasteiger partial charge in [0.1, 0.15) is 5.58 Å². The van der Waals surface area contributed by atoms with Gasteiger partial charge >= 0.3 is 0 Å². The lowest BCUT2D eigenvalue weighted by atomic mass is 9.87. The Balaban J connectivity index is 1.85. The van der Waals surface area contributed by atoms with Crippen LogP contribution in [0.2, 0.25) is 0 Å². The normalized spacial score (nSPS) is 13.4. The Bertz CT molecular complexity index is 1560. The van der Waals surface area contributed by atoms with Crippen molar-refractivity contribution in [3.05, 3.63) is 76.5 Å². The van der Waals surface area contributed by atoms with E-state index in [1.165, 1.54) is 11.1 Å². The maximum absolute atomic E-state index is 8.69. The Kier molecular flexibility index (Phi) is 4.09. The minimum atomic E-state index is -1.40. The second-order valence-electron chi connectivity index (χ2n) is 8.92. The zero-order valence-corrected chi connectivity index (χ0v) is 19.1. The van der Waals surface area contributed by atoms with E-state index < -0.39 is 6.37 Å². The quantitative estimate of drug-likeness (QED) is 0.300. The zero-order chi connectivity index (χ0) is 23.7. The Morgan fingerprint density at radius 3 is 2.42 bits per heavy atom. The molecule has 156 valence electrons. The number of hydrogen-bond donors (Lipinski definition) is 0. The van der Waals surface area contributed by atoms with E-state index in [9.17, 15) is 0 Å². The van der Waals surface area contributed by atoms with E-state index >= 15 is 0 Å². The average molecular weight is 410 g/mol. The first kappa shape index (κ1) is 17.5. The number of rotatable bonds is 3. The van der Waals surface area contributed by atoms with Crippen LogP contribution in [0.5, 0.6) is 0 Å². The van der Waals surface area contributed by atoms with Gasteiger partial charge in [0.05, 0.1) is 0 Å². The molecular formula is C29H29NO. The van der Waals surface area contributed by atoms with Crippen molar-refractivity contribution in [1.29, 1.82) is 0 Å². The third-order valence-electron chi connectivity index (χ3n) is 6.33. The fraction of sp³-hybridized carbons (Fsp3) is 0.276. The monoisotopic (exact) mass is 409 g/mol. The van der Waals surface area contributed by atoms with Crippen LogP contribution in [0.3, 0.4) is 0 Å². The van der Waals surface area contributed by atoms with Crippen molar-refractivity contribution < 1.29 is 7.16 Å². The molecule has 0 saturated heterocycles. The minimum absolute atomic E-state index is 0.117. The number of furan rings is 1. The Labute approximate surface area is 186 Å². The van der Waals surface area contributed by atoms with Gasteiger partial charge in [-0.2, -0.15) is 0 Å².